The number of carbonyl (C=O) groups is 2. The molecule has 1 aromatic carbocycles. The maximum atomic E-state index is 13.2. The summed E-state index contributed by atoms with van der Waals surface area (Å²) in [5, 5.41) is 9.71. The van der Waals surface area contributed by atoms with Crippen molar-refractivity contribution in [2.24, 2.45) is 29.6 Å². The van der Waals surface area contributed by atoms with Gasteiger partial charge in [-0.2, -0.15) is 0 Å². The number of carboxylic acid groups (broad SMARTS) is 1. The van der Waals surface area contributed by atoms with Crippen molar-refractivity contribution in [3.8, 4) is 0 Å². The molecule has 3 saturated carbocycles. The van der Waals surface area contributed by atoms with Crippen LogP contribution in [0, 0.1) is 29.6 Å². The molecule has 3 aliphatic carbocycles. The van der Waals surface area contributed by atoms with E-state index in [1.165, 1.54) is 5.56 Å². The fraction of sp³-hybridized carbons (Fsp3) is 0.636. The number of fused-ring (bicyclic) bond motifs is 3. The highest BCUT2D eigenvalue weighted by molar-refractivity contribution is 5.85. The number of carbonyl (C=O) groups excluding carboxylic acids is 1. The SMILES string of the molecule is O=C(O)C1C2CCC(CC2)C1C(=O)N1CCC(Cc2ccccc2)CC1. The number of benzene rings is 1. The number of hydrogen-bond acceptors (Lipinski definition) is 2. The Morgan fingerprint density at radius 2 is 1.46 bits per heavy atom. The number of hydrogen-bond donors (Lipinski definition) is 1. The van der Waals surface area contributed by atoms with Gasteiger partial charge in [0.15, 0.2) is 0 Å². The standard InChI is InChI=1S/C22H29NO3/c24-21(19-17-6-8-18(9-7-17)20(19)22(25)26)23-12-10-16(11-13-23)14-15-4-2-1-3-5-15/h1-5,16-20H,6-14H2,(H,25,26). The van der Waals surface area contributed by atoms with Crippen LogP contribution in [0.5, 0.6) is 0 Å². The van der Waals surface area contributed by atoms with E-state index < -0.39 is 11.9 Å². The Morgan fingerprint density at radius 1 is 0.885 bits per heavy atom. The highest BCUT2D eigenvalue weighted by atomic mass is 16.4. The highest BCUT2D eigenvalue weighted by Gasteiger charge is 2.51. The molecule has 1 heterocycles. The quantitative estimate of drug-likeness (QED) is 0.898. The van der Waals surface area contributed by atoms with Crippen LogP contribution in [0.2, 0.25) is 0 Å². The number of aliphatic carboxylic acids is 1. The van der Waals surface area contributed by atoms with E-state index in [-0.39, 0.29) is 23.7 Å². The van der Waals surface area contributed by atoms with E-state index in [0.29, 0.717) is 5.92 Å². The molecule has 0 radical (unpaired) electrons. The molecule has 5 rings (SSSR count). The third kappa shape index (κ3) is 3.38. The molecule has 0 spiro atoms. The molecule has 1 N–H and O–H groups in total. The first-order chi connectivity index (χ1) is 12.6. The van der Waals surface area contributed by atoms with E-state index in [1.54, 1.807) is 0 Å². The second-order valence-electron chi connectivity index (χ2n) is 8.52. The Bertz CT molecular complexity index is 643. The molecule has 2 atom stereocenters. The lowest BCUT2D eigenvalue weighted by atomic mass is 9.58. The predicted molar refractivity (Wildman–Crippen MR) is 99.5 cm³/mol. The van der Waals surface area contributed by atoms with Crippen molar-refractivity contribution in [2.75, 3.05) is 13.1 Å². The van der Waals surface area contributed by atoms with Crippen molar-refractivity contribution in [2.45, 2.75) is 44.9 Å². The fourth-order valence-electron chi connectivity index (χ4n) is 5.68. The number of rotatable bonds is 4. The van der Waals surface area contributed by atoms with Crippen molar-refractivity contribution >= 4 is 11.9 Å². The van der Waals surface area contributed by atoms with Gasteiger partial charge in [-0.15, -0.1) is 0 Å². The van der Waals surface area contributed by atoms with E-state index >= 15 is 0 Å². The zero-order chi connectivity index (χ0) is 18.1. The molecule has 0 aromatic heterocycles. The number of amides is 1. The van der Waals surface area contributed by atoms with Crippen LogP contribution < -0.4 is 0 Å². The van der Waals surface area contributed by atoms with Crippen LogP contribution in [0.1, 0.15) is 44.1 Å². The fourth-order valence-corrected chi connectivity index (χ4v) is 5.68. The van der Waals surface area contributed by atoms with Gasteiger partial charge in [0, 0.05) is 13.1 Å². The van der Waals surface area contributed by atoms with Crippen LogP contribution in [0.25, 0.3) is 0 Å². The zero-order valence-corrected chi connectivity index (χ0v) is 15.3. The van der Waals surface area contributed by atoms with Gasteiger partial charge in [-0.3, -0.25) is 9.59 Å². The molecule has 2 bridgehead atoms. The topological polar surface area (TPSA) is 57.6 Å². The lowest BCUT2D eigenvalue weighted by Gasteiger charge is -2.47. The van der Waals surface area contributed by atoms with Crippen LogP contribution in [-0.4, -0.2) is 35.0 Å². The van der Waals surface area contributed by atoms with Gasteiger partial charge in [0.05, 0.1) is 11.8 Å². The Balaban J connectivity index is 1.38. The minimum atomic E-state index is -0.753. The molecule has 1 aliphatic heterocycles. The summed E-state index contributed by atoms with van der Waals surface area (Å²) in [6.07, 6.45) is 7.19. The lowest BCUT2D eigenvalue weighted by molar-refractivity contribution is -0.162. The summed E-state index contributed by atoms with van der Waals surface area (Å²) in [7, 11) is 0. The summed E-state index contributed by atoms with van der Waals surface area (Å²) in [5.74, 6) is -0.221. The third-order valence-corrected chi connectivity index (χ3v) is 7.08. The molecular formula is C22H29NO3. The van der Waals surface area contributed by atoms with Gasteiger partial charge in [-0.1, -0.05) is 30.3 Å². The average Bonchev–Trinajstić information content (AvgIpc) is 2.69. The number of nitrogens with zero attached hydrogens (tertiary/aromatic N) is 1. The number of likely N-dealkylation sites (tertiary alicyclic amines) is 1. The Morgan fingerprint density at radius 3 is 2.04 bits per heavy atom. The Hall–Kier alpha value is -1.84. The molecule has 140 valence electrons. The first kappa shape index (κ1) is 17.6. The molecule has 4 nitrogen and oxygen atoms in total. The molecule has 1 amide bonds. The second kappa shape index (κ2) is 7.42. The molecule has 1 aromatic rings. The molecule has 26 heavy (non-hydrogen) atoms. The van der Waals surface area contributed by atoms with Crippen LogP contribution in [-0.2, 0) is 16.0 Å². The first-order valence-corrected chi connectivity index (χ1v) is 10.2. The van der Waals surface area contributed by atoms with Gasteiger partial charge >= 0.3 is 5.97 Å². The van der Waals surface area contributed by atoms with Crippen LogP contribution in [0.3, 0.4) is 0 Å². The monoisotopic (exact) mass is 355 g/mol. The lowest BCUT2D eigenvalue weighted by Crippen LogP contribution is -2.53. The minimum absolute atomic E-state index is 0.130. The summed E-state index contributed by atoms with van der Waals surface area (Å²) < 4.78 is 0. The Kier molecular flexibility index (Phi) is 5.01. The van der Waals surface area contributed by atoms with Gasteiger partial charge in [0.1, 0.15) is 0 Å². The van der Waals surface area contributed by atoms with Crippen molar-refractivity contribution in [1.29, 1.82) is 0 Å². The van der Waals surface area contributed by atoms with Gasteiger partial charge in [0.25, 0.3) is 0 Å². The zero-order valence-electron chi connectivity index (χ0n) is 15.3. The summed E-state index contributed by atoms with van der Waals surface area (Å²) in [4.78, 5) is 27.0. The van der Waals surface area contributed by atoms with E-state index in [4.69, 9.17) is 0 Å². The number of piperidine rings is 1. The predicted octanol–water partition coefficient (Wildman–Crippen LogP) is 3.60. The maximum absolute atomic E-state index is 13.2. The molecule has 4 aliphatic rings. The van der Waals surface area contributed by atoms with Gasteiger partial charge in [0.2, 0.25) is 5.91 Å². The van der Waals surface area contributed by atoms with Gasteiger partial charge in [-0.25, -0.2) is 0 Å². The molecular weight excluding hydrogens is 326 g/mol. The van der Waals surface area contributed by atoms with E-state index in [9.17, 15) is 14.7 Å². The smallest absolute Gasteiger partial charge is 0.307 e. The number of carboxylic acids is 1. The normalized spacial score (nSPS) is 31.8. The minimum Gasteiger partial charge on any atom is -0.481 e. The van der Waals surface area contributed by atoms with Crippen LogP contribution in [0.4, 0.5) is 0 Å². The maximum Gasteiger partial charge on any atom is 0.307 e. The first-order valence-electron chi connectivity index (χ1n) is 10.2. The Labute approximate surface area is 155 Å². The summed E-state index contributed by atoms with van der Waals surface area (Å²) in [6, 6.07) is 10.6. The van der Waals surface area contributed by atoms with Crippen molar-refractivity contribution < 1.29 is 14.7 Å². The summed E-state index contributed by atoms with van der Waals surface area (Å²) in [5.41, 5.74) is 1.37. The van der Waals surface area contributed by atoms with Gasteiger partial charge in [-0.05, 0) is 68.3 Å². The third-order valence-electron chi connectivity index (χ3n) is 7.08. The van der Waals surface area contributed by atoms with E-state index in [0.717, 1.165) is 58.0 Å². The highest BCUT2D eigenvalue weighted by Crippen LogP contribution is 2.49. The molecule has 2 unspecified atom stereocenters. The summed E-state index contributed by atoms with van der Waals surface area (Å²) >= 11 is 0. The summed E-state index contributed by atoms with van der Waals surface area (Å²) in [6.45, 7) is 1.58. The molecule has 4 fully saturated rings. The largest absolute Gasteiger partial charge is 0.481 e. The van der Waals surface area contributed by atoms with Crippen molar-refractivity contribution in [3.63, 3.8) is 0 Å². The second-order valence-corrected chi connectivity index (χ2v) is 8.52. The van der Waals surface area contributed by atoms with Crippen molar-refractivity contribution in [1.82, 2.24) is 4.90 Å². The van der Waals surface area contributed by atoms with E-state index in [2.05, 4.69) is 24.3 Å². The van der Waals surface area contributed by atoms with E-state index in [1.807, 2.05) is 11.0 Å². The average molecular weight is 355 g/mol. The van der Waals surface area contributed by atoms with Gasteiger partial charge < -0.3 is 10.0 Å². The van der Waals surface area contributed by atoms with Crippen molar-refractivity contribution in [3.05, 3.63) is 35.9 Å². The molecule has 4 heteroatoms. The van der Waals surface area contributed by atoms with Crippen LogP contribution >= 0.6 is 0 Å². The van der Waals surface area contributed by atoms with Crippen LogP contribution in [0.15, 0.2) is 30.3 Å². The molecule has 1 saturated heterocycles.